The van der Waals surface area contributed by atoms with Crippen molar-refractivity contribution in [2.45, 2.75) is 38.6 Å². The third-order valence-corrected chi connectivity index (χ3v) is 5.02. The van der Waals surface area contributed by atoms with Crippen LogP contribution in [0.2, 0.25) is 0 Å². The Morgan fingerprint density at radius 2 is 2.11 bits per heavy atom. The highest BCUT2D eigenvalue weighted by atomic mass is 19.1. The molecule has 19 heavy (non-hydrogen) atoms. The number of hydrogen-bond donors (Lipinski definition) is 1. The normalized spacial score (nSPS) is 32.8. The van der Waals surface area contributed by atoms with Crippen molar-refractivity contribution in [1.29, 1.82) is 0 Å². The van der Waals surface area contributed by atoms with Crippen LogP contribution in [0.4, 0.5) is 4.39 Å². The fraction of sp³-hybridized carbons (Fsp3) is 0.562. The van der Waals surface area contributed by atoms with Gasteiger partial charge in [0.15, 0.2) is 0 Å². The van der Waals surface area contributed by atoms with E-state index in [1.54, 1.807) is 6.07 Å². The fourth-order valence-electron chi connectivity index (χ4n) is 3.98. The quantitative estimate of drug-likeness (QED) is 0.909. The number of hydrogen-bond acceptors (Lipinski definition) is 2. The van der Waals surface area contributed by atoms with E-state index < -0.39 is 0 Å². The average molecular weight is 261 g/mol. The molecule has 2 fully saturated rings. The summed E-state index contributed by atoms with van der Waals surface area (Å²) in [6.45, 7) is 1.85. The van der Waals surface area contributed by atoms with Crippen LogP contribution in [0.15, 0.2) is 18.2 Å². The maximum Gasteiger partial charge on any atom is 0.142 e. The Morgan fingerprint density at radius 3 is 2.74 bits per heavy atom. The molecule has 0 heterocycles. The molecule has 2 aliphatic rings. The summed E-state index contributed by atoms with van der Waals surface area (Å²) in [7, 11) is 0. The van der Waals surface area contributed by atoms with Gasteiger partial charge in [-0.3, -0.25) is 4.79 Å². The average Bonchev–Trinajstić information content (AvgIpc) is 2.93. The van der Waals surface area contributed by atoms with Crippen LogP contribution in [0.25, 0.3) is 0 Å². The summed E-state index contributed by atoms with van der Waals surface area (Å²) < 4.78 is 13.1. The molecule has 0 spiro atoms. The maximum atomic E-state index is 13.1. The summed E-state index contributed by atoms with van der Waals surface area (Å²) in [6, 6.07) is 4.69. The van der Waals surface area contributed by atoms with Crippen molar-refractivity contribution in [3.8, 4) is 0 Å². The van der Waals surface area contributed by atoms with Crippen molar-refractivity contribution in [3.63, 3.8) is 0 Å². The number of carbonyl (C=O) groups excluding carboxylic acids is 1. The summed E-state index contributed by atoms with van der Waals surface area (Å²) >= 11 is 0. The van der Waals surface area contributed by atoms with Crippen LogP contribution in [0.5, 0.6) is 0 Å². The van der Waals surface area contributed by atoms with E-state index in [1.165, 1.54) is 18.6 Å². The Hall–Kier alpha value is -1.22. The van der Waals surface area contributed by atoms with E-state index in [4.69, 9.17) is 5.73 Å². The van der Waals surface area contributed by atoms with Gasteiger partial charge in [0.25, 0.3) is 0 Å². The van der Waals surface area contributed by atoms with Crippen LogP contribution >= 0.6 is 0 Å². The standard InChI is InChI=1S/C16H20FNO/c1-9-6-13(17)5-4-10(9)8-14(19)15-11-2-3-12(7-11)16(15)18/h4-6,11-12,15-16H,2-3,7-8,18H2,1H3. The van der Waals surface area contributed by atoms with Crippen LogP contribution < -0.4 is 5.73 Å². The molecular formula is C16H20FNO. The van der Waals surface area contributed by atoms with Gasteiger partial charge in [-0.15, -0.1) is 0 Å². The monoisotopic (exact) mass is 261 g/mol. The molecule has 2 aliphatic carbocycles. The topological polar surface area (TPSA) is 43.1 Å². The fourth-order valence-corrected chi connectivity index (χ4v) is 3.98. The second kappa shape index (κ2) is 4.71. The molecule has 3 rings (SSSR count). The molecule has 2 saturated carbocycles. The number of carbonyl (C=O) groups is 1. The second-order valence-corrected chi connectivity index (χ2v) is 6.15. The van der Waals surface area contributed by atoms with Crippen molar-refractivity contribution < 1.29 is 9.18 Å². The number of nitrogens with two attached hydrogens (primary N) is 1. The Kier molecular flexibility index (Phi) is 3.17. The lowest BCUT2D eigenvalue weighted by Gasteiger charge is -2.27. The summed E-state index contributed by atoms with van der Waals surface area (Å²) in [6.07, 6.45) is 3.86. The van der Waals surface area contributed by atoms with E-state index in [9.17, 15) is 9.18 Å². The minimum atomic E-state index is -0.245. The van der Waals surface area contributed by atoms with Crippen molar-refractivity contribution in [2.24, 2.45) is 23.5 Å². The smallest absolute Gasteiger partial charge is 0.142 e. The van der Waals surface area contributed by atoms with Crippen LogP contribution in [0, 0.1) is 30.5 Å². The molecule has 0 amide bonds. The second-order valence-electron chi connectivity index (χ2n) is 6.15. The van der Waals surface area contributed by atoms with E-state index in [1.807, 2.05) is 6.92 Å². The summed E-state index contributed by atoms with van der Waals surface area (Å²) in [5, 5.41) is 0. The van der Waals surface area contributed by atoms with Gasteiger partial charge in [-0.1, -0.05) is 6.07 Å². The van der Waals surface area contributed by atoms with Gasteiger partial charge in [-0.2, -0.15) is 0 Å². The predicted molar refractivity (Wildman–Crippen MR) is 72.1 cm³/mol. The lowest BCUT2D eigenvalue weighted by Crippen LogP contribution is -2.40. The van der Waals surface area contributed by atoms with E-state index >= 15 is 0 Å². The Morgan fingerprint density at radius 1 is 1.37 bits per heavy atom. The zero-order chi connectivity index (χ0) is 13.6. The first-order valence-electron chi connectivity index (χ1n) is 7.09. The number of benzene rings is 1. The minimum absolute atomic E-state index is 0.0307. The predicted octanol–water partition coefficient (Wildman–Crippen LogP) is 2.62. The molecule has 0 radical (unpaired) electrons. The first-order valence-corrected chi connectivity index (χ1v) is 7.09. The van der Waals surface area contributed by atoms with Gasteiger partial charge in [-0.25, -0.2) is 4.39 Å². The Bertz CT molecular complexity index is 511. The SMILES string of the molecule is Cc1cc(F)ccc1CC(=O)C1C2CCC(C2)C1N. The van der Waals surface area contributed by atoms with Crippen molar-refractivity contribution in [1.82, 2.24) is 0 Å². The molecule has 2 N–H and O–H groups in total. The van der Waals surface area contributed by atoms with Gasteiger partial charge in [0.05, 0.1) is 0 Å². The Labute approximate surface area is 113 Å². The van der Waals surface area contributed by atoms with Gasteiger partial charge in [0.1, 0.15) is 11.6 Å². The maximum absolute atomic E-state index is 13.1. The molecule has 2 nitrogen and oxygen atoms in total. The molecule has 0 aromatic heterocycles. The molecule has 2 bridgehead atoms. The molecule has 102 valence electrons. The number of ketones is 1. The molecule has 3 heteroatoms. The first-order chi connectivity index (χ1) is 9.06. The van der Waals surface area contributed by atoms with Gasteiger partial charge in [-0.05, 0) is 61.3 Å². The lowest BCUT2D eigenvalue weighted by atomic mass is 9.80. The molecular weight excluding hydrogens is 241 g/mol. The number of halogens is 1. The molecule has 1 aromatic carbocycles. The molecule has 4 atom stereocenters. The molecule has 4 unspecified atom stereocenters. The summed E-state index contributed by atoms with van der Waals surface area (Å²) in [5.74, 6) is 1.07. The zero-order valence-corrected chi connectivity index (χ0v) is 11.2. The van der Waals surface area contributed by atoms with Gasteiger partial charge in [0.2, 0.25) is 0 Å². The number of aryl methyl sites for hydroxylation is 1. The molecule has 0 aliphatic heterocycles. The Balaban J connectivity index is 1.75. The molecule has 1 aromatic rings. The number of rotatable bonds is 3. The van der Waals surface area contributed by atoms with Crippen molar-refractivity contribution >= 4 is 5.78 Å². The first kappa shape index (κ1) is 12.8. The number of Topliss-reactive ketones (excluding diaryl/α,β-unsaturated/α-hetero) is 1. The largest absolute Gasteiger partial charge is 0.327 e. The zero-order valence-electron chi connectivity index (χ0n) is 11.2. The third-order valence-electron chi connectivity index (χ3n) is 5.02. The van der Waals surface area contributed by atoms with E-state index in [0.717, 1.165) is 24.0 Å². The van der Waals surface area contributed by atoms with Crippen molar-refractivity contribution in [3.05, 3.63) is 35.1 Å². The summed E-state index contributed by atoms with van der Waals surface area (Å²) in [4.78, 5) is 12.5. The minimum Gasteiger partial charge on any atom is -0.327 e. The highest BCUT2D eigenvalue weighted by Gasteiger charge is 2.48. The van der Waals surface area contributed by atoms with Gasteiger partial charge in [0, 0.05) is 18.4 Å². The van der Waals surface area contributed by atoms with Crippen molar-refractivity contribution in [2.75, 3.05) is 0 Å². The van der Waals surface area contributed by atoms with Crippen LogP contribution in [-0.2, 0) is 11.2 Å². The van der Waals surface area contributed by atoms with Crippen LogP contribution in [0.1, 0.15) is 30.4 Å². The third kappa shape index (κ3) is 2.20. The lowest BCUT2D eigenvalue weighted by molar-refractivity contribution is -0.124. The van der Waals surface area contributed by atoms with Gasteiger partial charge >= 0.3 is 0 Å². The van der Waals surface area contributed by atoms with Gasteiger partial charge < -0.3 is 5.73 Å². The van der Waals surface area contributed by atoms with E-state index in [0.29, 0.717) is 18.3 Å². The van der Waals surface area contributed by atoms with Crippen LogP contribution in [0.3, 0.4) is 0 Å². The highest BCUT2D eigenvalue weighted by Crippen LogP contribution is 2.48. The van der Waals surface area contributed by atoms with Crippen LogP contribution in [-0.4, -0.2) is 11.8 Å². The summed E-state index contributed by atoms with van der Waals surface area (Å²) in [5.41, 5.74) is 7.98. The molecule has 0 saturated heterocycles. The number of fused-ring (bicyclic) bond motifs is 2. The van der Waals surface area contributed by atoms with E-state index in [-0.39, 0.29) is 23.6 Å². The van der Waals surface area contributed by atoms with E-state index in [2.05, 4.69) is 0 Å². The highest BCUT2D eigenvalue weighted by molar-refractivity contribution is 5.85.